The van der Waals surface area contributed by atoms with Gasteiger partial charge in [-0.1, -0.05) is 0 Å². The molecule has 2 nitrogen and oxygen atoms in total. The summed E-state index contributed by atoms with van der Waals surface area (Å²) in [4.78, 5) is 0. The van der Waals surface area contributed by atoms with Crippen LogP contribution in [0, 0.1) is 0 Å². The molecule has 7 heavy (non-hydrogen) atoms. The van der Waals surface area contributed by atoms with Gasteiger partial charge < -0.3 is 0 Å². The van der Waals surface area contributed by atoms with Gasteiger partial charge in [0.25, 0.3) is 0 Å². The van der Waals surface area contributed by atoms with E-state index in [-0.39, 0.29) is 0 Å². The molecule has 0 spiro atoms. The van der Waals surface area contributed by atoms with Crippen LogP contribution in [0.2, 0.25) is 0 Å². The maximum absolute atomic E-state index is 4.98. The van der Waals surface area contributed by atoms with E-state index in [1.54, 1.807) is 0 Å². The quantitative estimate of drug-likeness (QED) is 0.442. The SMILES string of the molecule is CCO[AsH]OCC. The Hall–Kier alpha value is 0.478. The molecular weight excluding hydrogens is 155 g/mol. The Labute approximate surface area is 51.6 Å². The van der Waals surface area contributed by atoms with Gasteiger partial charge in [0.15, 0.2) is 0 Å². The van der Waals surface area contributed by atoms with E-state index in [9.17, 15) is 0 Å². The Morgan fingerprint density at radius 3 is 1.86 bits per heavy atom. The van der Waals surface area contributed by atoms with Crippen LogP contribution in [0.25, 0.3) is 0 Å². The summed E-state index contributed by atoms with van der Waals surface area (Å²) in [5, 5.41) is 0. The second kappa shape index (κ2) is 6.48. The Kier molecular flexibility index (Phi) is 6.92. The van der Waals surface area contributed by atoms with Crippen LogP contribution in [0.15, 0.2) is 0 Å². The molecule has 0 bridgehead atoms. The molecule has 0 fully saturated rings. The van der Waals surface area contributed by atoms with Gasteiger partial charge in [-0.25, -0.2) is 0 Å². The summed E-state index contributed by atoms with van der Waals surface area (Å²) < 4.78 is 9.95. The molecule has 0 saturated carbocycles. The molecule has 3 heteroatoms. The summed E-state index contributed by atoms with van der Waals surface area (Å²) in [5.41, 5.74) is 0. The van der Waals surface area contributed by atoms with Gasteiger partial charge in [-0.3, -0.25) is 0 Å². The van der Waals surface area contributed by atoms with E-state index in [1.807, 2.05) is 13.8 Å². The van der Waals surface area contributed by atoms with E-state index in [0.717, 1.165) is 13.2 Å². The Bertz CT molecular complexity index is 28.9. The fourth-order valence-electron chi connectivity index (χ4n) is 0.160. The molecule has 0 aliphatic rings. The van der Waals surface area contributed by atoms with Crippen LogP contribution in [0.5, 0.6) is 0 Å². The summed E-state index contributed by atoms with van der Waals surface area (Å²) >= 11 is -0.486. The molecule has 0 radical (unpaired) electrons. The first-order valence-corrected chi connectivity index (χ1v) is 4.11. The minimum atomic E-state index is -0.486. The maximum atomic E-state index is 4.98. The predicted octanol–water partition coefficient (Wildman–Crippen LogP) is 0.326. The van der Waals surface area contributed by atoms with Crippen LogP contribution in [-0.4, -0.2) is 29.6 Å². The third-order valence-corrected chi connectivity index (χ3v) is 2.11. The summed E-state index contributed by atoms with van der Waals surface area (Å²) in [5.74, 6) is 0. The second-order valence-electron chi connectivity index (χ2n) is 0.949. The predicted molar refractivity (Wildman–Crippen MR) is 30.4 cm³/mol. The fourth-order valence-corrected chi connectivity index (χ4v) is 0.829. The molecule has 0 unspecified atom stereocenters. The first-order valence-electron chi connectivity index (χ1n) is 2.40. The summed E-state index contributed by atoms with van der Waals surface area (Å²) in [6.07, 6.45) is 0. The average molecular weight is 166 g/mol. The first kappa shape index (κ1) is 7.48. The Morgan fingerprint density at radius 1 is 1.14 bits per heavy atom. The minimum absolute atomic E-state index is 0.486. The van der Waals surface area contributed by atoms with Crippen molar-refractivity contribution in [1.82, 2.24) is 0 Å². The number of hydrogen-bond donors (Lipinski definition) is 0. The molecule has 0 aromatic rings. The molecular formula is C4H11AsO2. The third kappa shape index (κ3) is 6.48. The summed E-state index contributed by atoms with van der Waals surface area (Å²) in [6.45, 7) is 5.53. The van der Waals surface area contributed by atoms with E-state index in [1.165, 1.54) is 0 Å². The van der Waals surface area contributed by atoms with Crippen LogP contribution in [-0.2, 0) is 7.45 Å². The van der Waals surface area contributed by atoms with Crippen molar-refractivity contribution < 1.29 is 7.45 Å². The van der Waals surface area contributed by atoms with Gasteiger partial charge in [0.05, 0.1) is 0 Å². The normalized spacial score (nSPS) is 9.43. The molecule has 0 atom stereocenters. The van der Waals surface area contributed by atoms with Crippen LogP contribution in [0.1, 0.15) is 13.8 Å². The molecule has 0 heterocycles. The van der Waals surface area contributed by atoms with E-state index < -0.39 is 16.4 Å². The van der Waals surface area contributed by atoms with Gasteiger partial charge in [-0.05, 0) is 0 Å². The van der Waals surface area contributed by atoms with Crippen molar-refractivity contribution in [2.75, 3.05) is 13.2 Å². The van der Waals surface area contributed by atoms with Crippen LogP contribution in [0.3, 0.4) is 0 Å². The zero-order chi connectivity index (χ0) is 5.54. The molecule has 0 aromatic heterocycles. The molecule has 0 aliphatic carbocycles. The van der Waals surface area contributed by atoms with E-state index in [2.05, 4.69) is 0 Å². The monoisotopic (exact) mass is 166 g/mol. The van der Waals surface area contributed by atoms with Gasteiger partial charge in [-0.15, -0.1) is 0 Å². The molecule has 0 rings (SSSR count). The molecule has 44 valence electrons. The zero-order valence-corrected chi connectivity index (χ0v) is 6.83. The molecule has 0 amide bonds. The molecule has 0 aromatic carbocycles. The number of rotatable bonds is 4. The van der Waals surface area contributed by atoms with Gasteiger partial charge in [0, 0.05) is 0 Å². The van der Waals surface area contributed by atoms with E-state index in [4.69, 9.17) is 7.45 Å². The van der Waals surface area contributed by atoms with Crippen molar-refractivity contribution in [3.63, 3.8) is 0 Å². The Morgan fingerprint density at radius 2 is 1.57 bits per heavy atom. The van der Waals surface area contributed by atoms with Crippen molar-refractivity contribution in [1.29, 1.82) is 0 Å². The number of hydrogen-bond acceptors (Lipinski definition) is 2. The van der Waals surface area contributed by atoms with Crippen LogP contribution < -0.4 is 0 Å². The standard InChI is InChI=1S/C4H11AsO2/c1-3-6-5-7-4-2/h5H,3-4H2,1-2H3. The third-order valence-electron chi connectivity index (χ3n) is 0.407. The van der Waals surface area contributed by atoms with Crippen molar-refractivity contribution in [2.24, 2.45) is 0 Å². The van der Waals surface area contributed by atoms with Crippen LogP contribution >= 0.6 is 0 Å². The van der Waals surface area contributed by atoms with Gasteiger partial charge >= 0.3 is 50.9 Å². The van der Waals surface area contributed by atoms with Crippen molar-refractivity contribution in [3.8, 4) is 0 Å². The van der Waals surface area contributed by atoms with Crippen molar-refractivity contribution >= 4 is 16.4 Å². The zero-order valence-electron chi connectivity index (χ0n) is 4.73. The average Bonchev–Trinajstić information content (AvgIpc) is 1.69. The fraction of sp³-hybridized carbons (Fsp3) is 1.00. The van der Waals surface area contributed by atoms with Gasteiger partial charge in [0.1, 0.15) is 0 Å². The topological polar surface area (TPSA) is 18.5 Å². The second-order valence-corrected chi connectivity index (χ2v) is 2.51. The molecule has 0 N–H and O–H groups in total. The Balaban J connectivity index is 2.45. The van der Waals surface area contributed by atoms with Gasteiger partial charge in [0.2, 0.25) is 0 Å². The van der Waals surface area contributed by atoms with Crippen molar-refractivity contribution in [3.05, 3.63) is 0 Å². The van der Waals surface area contributed by atoms with Crippen LogP contribution in [0.4, 0.5) is 0 Å². The van der Waals surface area contributed by atoms with Gasteiger partial charge in [-0.2, -0.15) is 0 Å². The van der Waals surface area contributed by atoms with E-state index >= 15 is 0 Å². The molecule has 0 aliphatic heterocycles. The van der Waals surface area contributed by atoms with Crippen molar-refractivity contribution in [2.45, 2.75) is 13.8 Å². The van der Waals surface area contributed by atoms with E-state index in [0.29, 0.717) is 0 Å². The molecule has 0 saturated heterocycles. The first-order chi connectivity index (χ1) is 3.41. The summed E-state index contributed by atoms with van der Waals surface area (Å²) in [6, 6.07) is 0. The summed E-state index contributed by atoms with van der Waals surface area (Å²) in [7, 11) is 0.